The van der Waals surface area contributed by atoms with Gasteiger partial charge in [0.05, 0.1) is 33.8 Å². The first-order valence-corrected chi connectivity index (χ1v) is 28.5. The van der Waals surface area contributed by atoms with Crippen LogP contribution in [0.5, 0.6) is 0 Å². The van der Waals surface area contributed by atoms with E-state index in [0.717, 1.165) is 89.9 Å². The van der Waals surface area contributed by atoms with Crippen molar-refractivity contribution in [3.8, 4) is 0 Å². The summed E-state index contributed by atoms with van der Waals surface area (Å²) in [4.78, 5) is 37.4. The molecule has 0 spiro atoms. The molecule has 0 aromatic carbocycles. The maximum absolute atomic E-state index is 13.4. The van der Waals surface area contributed by atoms with Gasteiger partial charge < -0.3 is 19.4 Å². The largest absolute Gasteiger partial charge is 0.472 e. The number of carbonyl (C=O) groups is 2. The predicted octanol–water partition coefficient (Wildman–Crippen LogP) is 15.8. The van der Waals surface area contributed by atoms with E-state index in [-0.39, 0.29) is 31.5 Å². The zero-order valence-corrected chi connectivity index (χ0v) is 44.1. The van der Waals surface area contributed by atoms with Crippen LogP contribution >= 0.6 is 7.82 Å². The normalized spacial score (nSPS) is 14.3. The molecule has 0 fully saturated rings. The van der Waals surface area contributed by atoms with E-state index in [1.54, 1.807) is 0 Å². The Balaban J connectivity index is 5.41. The Labute approximate surface area is 401 Å². The minimum Gasteiger partial charge on any atom is -0.456 e. The average molecular weight is 936 g/mol. The minimum absolute atomic E-state index is 0.0360. The van der Waals surface area contributed by atoms with Crippen molar-refractivity contribution < 1.29 is 37.3 Å². The molecule has 0 aromatic heterocycles. The molecule has 0 saturated carbocycles. The first-order chi connectivity index (χ1) is 31.4. The van der Waals surface area contributed by atoms with Crippen molar-refractivity contribution in [2.45, 2.75) is 251 Å². The van der Waals surface area contributed by atoms with Crippen LogP contribution in [-0.2, 0) is 27.9 Å². The van der Waals surface area contributed by atoms with Gasteiger partial charge >= 0.3 is 13.8 Å². The number of unbranched alkanes of at least 4 members (excludes halogenated alkanes) is 26. The standard InChI is InChI=1S/C55H103N2O7P/c1-7-10-13-16-19-22-25-27-29-32-35-38-41-44-47-54(58)56-52(51-63-65(60,61)62-50-49-57(4,5)6)53(46-43-40-37-34-31-24-21-18-15-12-9-3)64-55(59)48-45-42-39-36-33-30-28-26-23-20-17-14-11-8-2/h10,13,19,22,30,33,43,46,52-53H,7-9,11-12,14-18,20-21,23-29,31-32,34-42,44-45,47-51H2,1-6H3,(H-,56,58,60,61)/p+1/b13-10+,22-19+,33-30-,46-43+. The van der Waals surface area contributed by atoms with E-state index >= 15 is 0 Å². The molecule has 2 N–H and O–H groups in total. The number of hydrogen-bond acceptors (Lipinski definition) is 6. The second-order valence-electron chi connectivity index (χ2n) is 19.4. The van der Waals surface area contributed by atoms with E-state index < -0.39 is 20.0 Å². The van der Waals surface area contributed by atoms with E-state index in [9.17, 15) is 19.0 Å². The van der Waals surface area contributed by atoms with E-state index in [2.05, 4.69) is 62.5 Å². The summed E-state index contributed by atoms with van der Waals surface area (Å²) in [5.74, 6) is -0.533. The van der Waals surface area contributed by atoms with Gasteiger partial charge in [0.15, 0.2) is 0 Å². The number of hydrogen-bond donors (Lipinski definition) is 2. The summed E-state index contributed by atoms with van der Waals surface area (Å²) in [5, 5.41) is 3.03. The third kappa shape index (κ3) is 46.9. The van der Waals surface area contributed by atoms with Crippen LogP contribution < -0.4 is 5.32 Å². The number of likely N-dealkylation sites (N-methyl/N-ethyl adjacent to an activating group) is 1. The number of rotatable bonds is 48. The first-order valence-electron chi connectivity index (χ1n) is 27.0. The highest BCUT2D eigenvalue weighted by Gasteiger charge is 2.30. The van der Waals surface area contributed by atoms with Crippen molar-refractivity contribution in [3.63, 3.8) is 0 Å². The molecule has 380 valence electrons. The molecule has 0 rings (SSSR count). The highest BCUT2D eigenvalue weighted by molar-refractivity contribution is 7.47. The third-order valence-electron chi connectivity index (χ3n) is 11.8. The lowest BCUT2D eigenvalue weighted by Gasteiger charge is -2.27. The van der Waals surface area contributed by atoms with Gasteiger partial charge in [0.25, 0.3) is 0 Å². The van der Waals surface area contributed by atoms with Crippen molar-refractivity contribution in [2.24, 2.45) is 0 Å². The number of phosphoric acid groups is 1. The molecular formula is C55H104N2O7P+. The van der Waals surface area contributed by atoms with Crippen LogP contribution in [0.2, 0.25) is 0 Å². The molecule has 0 aromatic rings. The second kappa shape index (κ2) is 45.7. The summed E-state index contributed by atoms with van der Waals surface area (Å²) in [5.41, 5.74) is 0. The Bertz CT molecular complexity index is 1260. The number of carbonyl (C=O) groups excluding carboxylic acids is 2. The third-order valence-corrected chi connectivity index (χ3v) is 12.7. The SMILES string of the molecule is CC/C=C/C/C=C/CCCCCCCCCC(=O)NC(COP(=O)(O)OCC[N+](C)(C)C)C(/C=C/CCCCCCCCCCC)OC(=O)CCCCC/C=C\CCCCCCCCC. The molecule has 0 aliphatic rings. The number of nitrogens with zero attached hydrogens (tertiary/aromatic N) is 1. The van der Waals surface area contributed by atoms with Crippen molar-refractivity contribution in [2.75, 3.05) is 40.9 Å². The van der Waals surface area contributed by atoms with Crippen molar-refractivity contribution in [3.05, 3.63) is 48.6 Å². The van der Waals surface area contributed by atoms with Gasteiger partial charge in [-0.3, -0.25) is 18.6 Å². The smallest absolute Gasteiger partial charge is 0.456 e. The molecular weight excluding hydrogens is 832 g/mol. The van der Waals surface area contributed by atoms with Gasteiger partial charge in [-0.2, -0.15) is 0 Å². The van der Waals surface area contributed by atoms with Crippen LogP contribution in [0.3, 0.4) is 0 Å². The average Bonchev–Trinajstić information content (AvgIpc) is 3.26. The number of ether oxygens (including phenoxy) is 1. The second-order valence-corrected chi connectivity index (χ2v) is 20.8. The van der Waals surface area contributed by atoms with Crippen molar-refractivity contribution in [1.82, 2.24) is 5.32 Å². The Morgan fingerprint density at radius 1 is 0.554 bits per heavy atom. The number of phosphoric ester groups is 1. The molecule has 0 radical (unpaired) electrons. The predicted molar refractivity (Wildman–Crippen MR) is 277 cm³/mol. The molecule has 0 heterocycles. The summed E-state index contributed by atoms with van der Waals surface area (Å²) in [6, 6.07) is -0.855. The van der Waals surface area contributed by atoms with Gasteiger partial charge in [-0.15, -0.1) is 0 Å². The molecule has 1 amide bonds. The Kier molecular flexibility index (Phi) is 44.3. The maximum Gasteiger partial charge on any atom is 0.472 e. The molecule has 9 nitrogen and oxygen atoms in total. The van der Waals surface area contributed by atoms with E-state index in [0.29, 0.717) is 23.9 Å². The van der Waals surface area contributed by atoms with E-state index in [1.165, 1.54) is 109 Å². The van der Waals surface area contributed by atoms with Gasteiger partial charge in [-0.05, 0) is 83.1 Å². The molecule has 3 atom stereocenters. The number of nitrogens with one attached hydrogen (secondary N) is 1. The fourth-order valence-electron chi connectivity index (χ4n) is 7.56. The molecule has 0 aliphatic heterocycles. The lowest BCUT2D eigenvalue weighted by molar-refractivity contribution is -0.870. The Morgan fingerprint density at radius 3 is 1.49 bits per heavy atom. The van der Waals surface area contributed by atoms with Crippen LogP contribution in [0.4, 0.5) is 0 Å². The number of quaternary nitrogens is 1. The molecule has 0 saturated heterocycles. The maximum atomic E-state index is 13.4. The molecule has 0 bridgehead atoms. The monoisotopic (exact) mass is 936 g/mol. The Morgan fingerprint density at radius 2 is 0.985 bits per heavy atom. The minimum atomic E-state index is -4.44. The first kappa shape index (κ1) is 63.0. The van der Waals surface area contributed by atoms with Crippen LogP contribution in [0.25, 0.3) is 0 Å². The molecule has 10 heteroatoms. The summed E-state index contributed by atoms with van der Waals surface area (Å²) in [6.45, 7) is 6.87. The fraction of sp³-hybridized carbons (Fsp3) is 0.818. The van der Waals surface area contributed by atoms with Crippen LogP contribution in [0, 0.1) is 0 Å². The van der Waals surface area contributed by atoms with E-state index in [1.807, 2.05) is 33.3 Å². The van der Waals surface area contributed by atoms with E-state index in [4.69, 9.17) is 13.8 Å². The summed E-state index contributed by atoms with van der Waals surface area (Å²) >= 11 is 0. The van der Waals surface area contributed by atoms with Gasteiger partial charge in [0, 0.05) is 12.8 Å². The van der Waals surface area contributed by atoms with Gasteiger partial charge in [0.2, 0.25) is 5.91 Å². The van der Waals surface area contributed by atoms with Crippen molar-refractivity contribution in [1.29, 1.82) is 0 Å². The summed E-state index contributed by atoms with van der Waals surface area (Å²) < 4.78 is 30.5. The number of allylic oxidation sites excluding steroid dienone is 7. The Hall–Kier alpha value is -2.03. The fourth-order valence-corrected chi connectivity index (χ4v) is 8.30. The lowest BCUT2D eigenvalue weighted by atomic mass is 10.1. The zero-order valence-electron chi connectivity index (χ0n) is 43.2. The van der Waals surface area contributed by atoms with Gasteiger partial charge in [-0.25, -0.2) is 4.57 Å². The topological polar surface area (TPSA) is 111 Å². The van der Waals surface area contributed by atoms with Gasteiger partial charge in [0.1, 0.15) is 19.3 Å². The van der Waals surface area contributed by atoms with Crippen LogP contribution in [0.1, 0.15) is 239 Å². The zero-order chi connectivity index (χ0) is 48.0. The quantitative estimate of drug-likeness (QED) is 0.0205. The van der Waals surface area contributed by atoms with Crippen LogP contribution in [-0.4, -0.2) is 74.3 Å². The summed E-state index contributed by atoms with van der Waals surface area (Å²) in [7, 11) is 1.48. The van der Waals surface area contributed by atoms with Crippen LogP contribution in [0.15, 0.2) is 48.6 Å². The molecule has 65 heavy (non-hydrogen) atoms. The lowest BCUT2D eigenvalue weighted by Crippen LogP contribution is -2.47. The van der Waals surface area contributed by atoms with Gasteiger partial charge in [-0.1, -0.05) is 192 Å². The summed E-state index contributed by atoms with van der Waals surface area (Å²) in [6.07, 6.45) is 53.9. The molecule has 3 unspecified atom stereocenters. The number of amides is 1. The highest BCUT2D eigenvalue weighted by atomic mass is 31.2. The van der Waals surface area contributed by atoms with Crippen molar-refractivity contribution >= 4 is 19.7 Å². The molecule has 0 aliphatic carbocycles. The highest BCUT2D eigenvalue weighted by Crippen LogP contribution is 2.43. The number of esters is 1.